The standard InChI is InChI=1S/C25H24FNO4/c1-15(25(28)29)11-16-3-4-17-6-10-23(31-24(17)12-16)22-9-5-18(14-27-22)20-13-19(30-2)7-8-21(20)26/h3-5,7-9,12-15,23H,6,10-11H2,1-2H3,(H,28,29)/t15-,23?/m1/s1. The number of rotatable bonds is 6. The highest BCUT2D eigenvalue weighted by atomic mass is 19.1. The minimum Gasteiger partial charge on any atom is -0.497 e. The Labute approximate surface area is 180 Å². The lowest BCUT2D eigenvalue weighted by Crippen LogP contribution is -2.17. The largest absolute Gasteiger partial charge is 0.497 e. The number of aromatic nitrogens is 1. The molecule has 1 aromatic heterocycles. The number of carboxylic acid groups (broad SMARTS) is 1. The van der Waals surface area contributed by atoms with Crippen LogP contribution in [0.15, 0.2) is 54.7 Å². The summed E-state index contributed by atoms with van der Waals surface area (Å²) in [5, 5.41) is 9.15. The second-order valence-corrected chi connectivity index (χ2v) is 7.85. The first kappa shape index (κ1) is 20.8. The molecule has 1 N–H and O–H groups in total. The van der Waals surface area contributed by atoms with Gasteiger partial charge in [0.15, 0.2) is 0 Å². The highest BCUT2D eigenvalue weighted by Crippen LogP contribution is 2.36. The molecule has 0 saturated heterocycles. The van der Waals surface area contributed by atoms with Gasteiger partial charge in [0.25, 0.3) is 0 Å². The molecule has 0 bridgehead atoms. The van der Waals surface area contributed by atoms with Crippen LogP contribution in [0.4, 0.5) is 4.39 Å². The number of nitrogens with zero attached hydrogens (tertiary/aromatic N) is 1. The predicted octanol–water partition coefficient (Wildman–Crippen LogP) is 5.23. The van der Waals surface area contributed by atoms with Gasteiger partial charge in [0.05, 0.1) is 18.7 Å². The van der Waals surface area contributed by atoms with E-state index in [9.17, 15) is 9.18 Å². The van der Waals surface area contributed by atoms with E-state index < -0.39 is 11.9 Å². The summed E-state index contributed by atoms with van der Waals surface area (Å²) in [5.74, 6) is -0.241. The molecule has 0 spiro atoms. The molecule has 31 heavy (non-hydrogen) atoms. The third kappa shape index (κ3) is 4.53. The zero-order valence-corrected chi connectivity index (χ0v) is 17.5. The Morgan fingerprint density at radius 2 is 2.10 bits per heavy atom. The smallest absolute Gasteiger partial charge is 0.306 e. The van der Waals surface area contributed by atoms with Crippen molar-refractivity contribution in [3.8, 4) is 22.6 Å². The van der Waals surface area contributed by atoms with E-state index in [0.29, 0.717) is 23.3 Å². The van der Waals surface area contributed by atoms with Crippen molar-refractivity contribution >= 4 is 5.97 Å². The number of ether oxygens (including phenoxy) is 2. The van der Waals surface area contributed by atoms with E-state index in [4.69, 9.17) is 14.6 Å². The SMILES string of the molecule is COc1ccc(F)c(-c2ccc(C3CCc4ccc(C[C@@H](C)C(=O)O)cc4O3)nc2)c1. The van der Waals surface area contributed by atoms with Gasteiger partial charge in [0, 0.05) is 17.3 Å². The van der Waals surface area contributed by atoms with Gasteiger partial charge in [-0.3, -0.25) is 9.78 Å². The van der Waals surface area contributed by atoms with Crippen LogP contribution in [0, 0.1) is 11.7 Å². The molecule has 160 valence electrons. The van der Waals surface area contributed by atoms with Crippen LogP contribution in [0.1, 0.15) is 36.3 Å². The molecule has 1 aliphatic rings. The number of halogens is 1. The Bertz CT molecular complexity index is 1100. The van der Waals surface area contributed by atoms with E-state index in [-0.39, 0.29) is 11.9 Å². The normalized spacial score (nSPS) is 16.2. The maximum absolute atomic E-state index is 14.2. The number of fused-ring (bicyclic) bond motifs is 1. The Balaban J connectivity index is 1.52. The minimum absolute atomic E-state index is 0.205. The molecule has 2 aromatic carbocycles. The number of carbonyl (C=O) groups is 1. The molecule has 4 rings (SSSR count). The summed E-state index contributed by atoms with van der Waals surface area (Å²) < 4.78 is 25.6. The van der Waals surface area contributed by atoms with Crippen LogP contribution in [0.3, 0.4) is 0 Å². The van der Waals surface area contributed by atoms with E-state index in [1.165, 1.54) is 6.07 Å². The number of benzene rings is 2. The first-order chi connectivity index (χ1) is 14.9. The second-order valence-electron chi connectivity index (χ2n) is 7.85. The van der Waals surface area contributed by atoms with Gasteiger partial charge in [-0.1, -0.05) is 25.1 Å². The Hall–Kier alpha value is -3.41. The quantitative estimate of drug-likeness (QED) is 0.591. The van der Waals surface area contributed by atoms with Crippen molar-refractivity contribution in [3.63, 3.8) is 0 Å². The van der Waals surface area contributed by atoms with Crippen molar-refractivity contribution in [1.29, 1.82) is 0 Å². The van der Waals surface area contributed by atoms with Crippen molar-refractivity contribution in [2.24, 2.45) is 5.92 Å². The lowest BCUT2D eigenvalue weighted by Gasteiger charge is -2.26. The molecule has 0 fully saturated rings. The van der Waals surface area contributed by atoms with Crippen LogP contribution >= 0.6 is 0 Å². The Morgan fingerprint density at radius 3 is 2.81 bits per heavy atom. The lowest BCUT2D eigenvalue weighted by atomic mass is 9.95. The van der Waals surface area contributed by atoms with Gasteiger partial charge < -0.3 is 14.6 Å². The Morgan fingerprint density at radius 1 is 1.26 bits per heavy atom. The summed E-state index contributed by atoms with van der Waals surface area (Å²) in [7, 11) is 1.55. The third-order valence-electron chi connectivity index (χ3n) is 5.64. The summed E-state index contributed by atoms with van der Waals surface area (Å²) in [4.78, 5) is 15.7. The van der Waals surface area contributed by atoms with Crippen LogP contribution in [-0.4, -0.2) is 23.2 Å². The molecule has 1 aliphatic heterocycles. The monoisotopic (exact) mass is 421 g/mol. The van der Waals surface area contributed by atoms with Gasteiger partial charge in [-0.05, 0) is 60.7 Å². The summed E-state index contributed by atoms with van der Waals surface area (Å²) >= 11 is 0. The van der Waals surface area contributed by atoms with Crippen molar-refractivity contribution in [3.05, 3.63) is 77.4 Å². The number of pyridine rings is 1. The van der Waals surface area contributed by atoms with E-state index in [1.54, 1.807) is 32.4 Å². The van der Waals surface area contributed by atoms with Gasteiger partial charge in [0.1, 0.15) is 23.4 Å². The molecule has 0 radical (unpaired) electrons. The highest BCUT2D eigenvalue weighted by Gasteiger charge is 2.23. The molecule has 0 aliphatic carbocycles. The molecule has 1 unspecified atom stereocenters. The highest BCUT2D eigenvalue weighted by molar-refractivity contribution is 5.70. The summed E-state index contributed by atoms with van der Waals surface area (Å²) in [5.41, 5.74) is 3.93. The van der Waals surface area contributed by atoms with E-state index in [1.807, 2.05) is 30.3 Å². The average Bonchev–Trinajstić information content (AvgIpc) is 2.79. The van der Waals surface area contributed by atoms with Crippen molar-refractivity contribution in [2.75, 3.05) is 7.11 Å². The summed E-state index contributed by atoms with van der Waals surface area (Å²) in [6.07, 6.45) is 3.54. The lowest BCUT2D eigenvalue weighted by molar-refractivity contribution is -0.141. The molecule has 0 amide bonds. The zero-order valence-electron chi connectivity index (χ0n) is 17.5. The molecule has 5 nitrogen and oxygen atoms in total. The molecule has 3 aromatic rings. The molecule has 2 heterocycles. The average molecular weight is 421 g/mol. The zero-order chi connectivity index (χ0) is 22.0. The summed E-state index contributed by atoms with van der Waals surface area (Å²) in [6, 6.07) is 14.2. The fourth-order valence-electron chi connectivity index (χ4n) is 3.80. The molecule has 2 atom stereocenters. The maximum Gasteiger partial charge on any atom is 0.306 e. The van der Waals surface area contributed by atoms with Gasteiger partial charge in [-0.15, -0.1) is 0 Å². The predicted molar refractivity (Wildman–Crippen MR) is 115 cm³/mol. The second kappa shape index (κ2) is 8.76. The van der Waals surface area contributed by atoms with Gasteiger partial charge in [-0.2, -0.15) is 0 Å². The van der Waals surface area contributed by atoms with Crippen LogP contribution in [0.25, 0.3) is 11.1 Å². The summed E-state index contributed by atoms with van der Waals surface area (Å²) in [6.45, 7) is 1.70. The fourth-order valence-corrected chi connectivity index (χ4v) is 3.80. The van der Waals surface area contributed by atoms with Crippen LogP contribution in [0.5, 0.6) is 11.5 Å². The van der Waals surface area contributed by atoms with Gasteiger partial charge >= 0.3 is 5.97 Å². The van der Waals surface area contributed by atoms with E-state index in [2.05, 4.69) is 4.98 Å². The third-order valence-corrected chi connectivity index (χ3v) is 5.64. The number of hydrogen-bond acceptors (Lipinski definition) is 4. The number of carboxylic acids is 1. The number of methoxy groups -OCH3 is 1. The van der Waals surface area contributed by atoms with Crippen LogP contribution < -0.4 is 9.47 Å². The molecular weight excluding hydrogens is 397 g/mol. The number of aryl methyl sites for hydroxylation is 1. The molecule has 6 heteroatoms. The van der Waals surface area contributed by atoms with E-state index in [0.717, 1.165) is 35.4 Å². The van der Waals surface area contributed by atoms with E-state index >= 15 is 0 Å². The van der Waals surface area contributed by atoms with Gasteiger partial charge in [0.2, 0.25) is 0 Å². The maximum atomic E-state index is 14.2. The van der Waals surface area contributed by atoms with Crippen molar-refractivity contribution in [1.82, 2.24) is 4.98 Å². The van der Waals surface area contributed by atoms with Crippen molar-refractivity contribution in [2.45, 2.75) is 32.3 Å². The molecular formula is C25H24FNO4. The Kier molecular flexibility index (Phi) is 5.89. The van der Waals surface area contributed by atoms with Gasteiger partial charge in [-0.25, -0.2) is 4.39 Å². The number of hydrogen-bond donors (Lipinski definition) is 1. The van der Waals surface area contributed by atoms with Crippen molar-refractivity contribution < 1.29 is 23.8 Å². The first-order valence-corrected chi connectivity index (χ1v) is 10.3. The minimum atomic E-state index is -0.812. The number of aliphatic carboxylic acids is 1. The topological polar surface area (TPSA) is 68.7 Å². The fraction of sp³-hybridized carbons (Fsp3) is 0.280. The van der Waals surface area contributed by atoms with Crippen LogP contribution in [-0.2, 0) is 17.6 Å². The molecule has 0 saturated carbocycles. The van der Waals surface area contributed by atoms with Crippen LogP contribution in [0.2, 0.25) is 0 Å². The first-order valence-electron chi connectivity index (χ1n) is 10.3.